The van der Waals surface area contributed by atoms with Crippen LogP contribution in [0.5, 0.6) is 5.75 Å². The van der Waals surface area contributed by atoms with Crippen molar-refractivity contribution in [1.82, 2.24) is 4.90 Å². The number of hydrogen-bond donors (Lipinski definition) is 2. The summed E-state index contributed by atoms with van der Waals surface area (Å²) in [5, 5.41) is 12.1. The fourth-order valence-electron chi connectivity index (χ4n) is 2.72. The normalized spacial score (nSPS) is 20.9. The third-order valence-electron chi connectivity index (χ3n) is 4.13. The first kappa shape index (κ1) is 17.5. The maximum atomic E-state index is 12.3. The largest absolute Gasteiger partial charge is 0.487 e. The Labute approximate surface area is 134 Å². The predicted octanol–water partition coefficient (Wildman–Crippen LogP) is 2.87. The molecule has 5 nitrogen and oxygen atoms in total. The summed E-state index contributed by atoms with van der Waals surface area (Å²) in [4.78, 5) is 13.9. The molecule has 1 aromatic rings. The number of aryl methyl sites for hydroxylation is 1. The number of nitrogens with one attached hydrogen (secondary N) is 1. The molecule has 0 bridgehead atoms. The van der Waals surface area contributed by atoms with Crippen molar-refractivity contribution in [2.24, 2.45) is 5.92 Å². The number of carbonyl (C=O) groups excluding carboxylic acids is 1. The minimum absolute atomic E-state index is 0.0781. The average Bonchev–Trinajstić information content (AvgIpc) is 2.88. The first-order chi connectivity index (χ1) is 10.9. The number of likely N-dealkylation sites (tertiary alicyclic amines) is 1. The molecule has 0 spiro atoms. The van der Waals surface area contributed by atoms with E-state index < -0.39 is 13.0 Å². The molecule has 1 fully saturated rings. The Kier molecular flexibility index (Phi) is 5.76. The lowest BCUT2D eigenvalue weighted by atomic mass is 10.0. The summed E-state index contributed by atoms with van der Waals surface area (Å²) in [5.74, 6) is 0.560. The van der Waals surface area contributed by atoms with Gasteiger partial charge < -0.3 is 20.1 Å². The van der Waals surface area contributed by atoms with Gasteiger partial charge in [0.05, 0.1) is 12.6 Å². The molecule has 0 unspecified atom stereocenters. The minimum atomic E-state index is -2.55. The quantitative estimate of drug-likeness (QED) is 0.874. The summed E-state index contributed by atoms with van der Waals surface area (Å²) >= 11 is 0. The van der Waals surface area contributed by atoms with Crippen LogP contribution in [-0.4, -0.2) is 48.3 Å². The molecule has 2 rings (SSSR count). The predicted molar refractivity (Wildman–Crippen MR) is 83.1 cm³/mol. The van der Waals surface area contributed by atoms with Gasteiger partial charge in [-0.05, 0) is 30.9 Å². The Balaban J connectivity index is 2.05. The summed E-state index contributed by atoms with van der Waals surface area (Å²) < 4.78 is 29.6. The van der Waals surface area contributed by atoms with E-state index in [1.165, 1.54) is 6.07 Å². The summed E-state index contributed by atoms with van der Waals surface area (Å²) in [6, 6.07) is 4.41. The number of amides is 2. The van der Waals surface area contributed by atoms with E-state index in [9.17, 15) is 18.7 Å². The Hall–Kier alpha value is -1.89. The van der Waals surface area contributed by atoms with Crippen molar-refractivity contribution < 1.29 is 23.4 Å². The van der Waals surface area contributed by atoms with Gasteiger partial charge in [0.15, 0.2) is 0 Å². The second-order valence-corrected chi connectivity index (χ2v) is 5.82. The number of alkyl halides is 2. The number of halogens is 2. The zero-order valence-corrected chi connectivity index (χ0v) is 13.3. The molecular formula is C16H22F2N2O3. The second kappa shape index (κ2) is 7.59. The van der Waals surface area contributed by atoms with E-state index in [1.54, 1.807) is 24.0 Å². The van der Waals surface area contributed by atoms with Crippen LogP contribution >= 0.6 is 0 Å². The molecular weight excluding hydrogens is 306 g/mol. The van der Waals surface area contributed by atoms with Gasteiger partial charge in [-0.15, -0.1) is 0 Å². The van der Waals surface area contributed by atoms with Crippen LogP contribution in [0, 0.1) is 12.8 Å². The number of anilines is 1. The van der Waals surface area contributed by atoms with Gasteiger partial charge in [0.2, 0.25) is 0 Å². The van der Waals surface area contributed by atoms with Gasteiger partial charge in [-0.2, -0.15) is 0 Å². The first-order valence-electron chi connectivity index (χ1n) is 7.62. The van der Waals surface area contributed by atoms with E-state index >= 15 is 0 Å². The van der Waals surface area contributed by atoms with Gasteiger partial charge in [-0.1, -0.05) is 13.0 Å². The molecule has 1 aliphatic rings. The highest BCUT2D eigenvalue weighted by Gasteiger charge is 2.33. The first-order valence-corrected chi connectivity index (χ1v) is 7.62. The number of benzene rings is 1. The topological polar surface area (TPSA) is 61.8 Å². The van der Waals surface area contributed by atoms with Crippen LogP contribution in [0.3, 0.4) is 0 Å². The van der Waals surface area contributed by atoms with Gasteiger partial charge in [0.1, 0.15) is 12.4 Å². The van der Waals surface area contributed by atoms with Crippen LogP contribution in [0.2, 0.25) is 0 Å². The third-order valence-corrected chi connectivity index (χ3v) is 4.13. The van der Waals surface area contributed by atoms with Crippen molar-refractivity contribution in [2.45, 2.75) is 32.7 Å². The molecule has 1 saturated heterocycles. The lowest BCUT2D eigenvalue weighted by Gasteiger charge is -2.25. The number of hydrogen-bond acceptors (Lipinski definition) is 3. The highest BCUT2D eigenvalue weighted by molar-refractivity contribution is 5.90. The Morgan fingerprint density at radius 3 is 2.91 bits per heavy atom. The van der Waals surface area contributed by atoms with Crippen LogP contribution in [0.1, 0.15) is 18.9 Å². The van der Waals surface area contributed by atoms with Crippen molar-refractivity contribution in [2.75, 3.05) is 25.1 Å². The number of rotatable bonds is 5. The molecule has 1 aliphatic heterocycles. The summed E-state index contributed by atoms with van der Waals surface area (Å²) in [5.41, 5.74) is 1.19. The molecule has 0 radical (unpaired) electrons. The molecule has 2 N–H and O–H groups in total. The molecule has 1 heterocycles. The van der Waals surface area contributed by atoms with E-state index in [1.807, 2.05) is 6.92 Å². The zero-order chi connectivity index (χ0) is 17.0. The van der Waals surface area contributed by atoms with Crippen molar-refractivity contribution in [3.05, 3.63) is 23.8 Å². The number of urea groups is 1. The van der Waals surface area contributed by atoms with E-state index in [4.69, 9.17) is 4.74 Å². The van der Waals surface area contributed by atoms with Crippen molar-refractivity contribution in [3.8, 4) is 5.75 Å². The number of ether oxygens (including phenoxy) is 1. The molecule has 7 heteroatoms. The SMILES string of the molecule is Cc1ccc(NC(=O)N2CC[C@H](C)[C@H]2CO)cc1OCC(F)F. The molecule has 23 heavy (non-hydrogen) atoms. The van der Waals surface area contributed by atoms with Crippen molar-refractivity contribution in [3.63, 3.8) is 0 Å². The lowest BCUT2D eigenvalue weighted by Crippen LogP contribution is -2.42. The zero-order valence-electron chi connectivity index (χ0n) is 13.3. The fourth-order valence-corrected chi connectivity index (χ4v) is 2.72. The third kappa shape index (κ3) is 4.31. The highest BCUT2D eigenvalue weighted by Crippen LogP contribution is 2.26. The smallest absolute Gasteiger partial charge is 0.322 e. The maximum Gasteiger partial charge on any atom is 0.322 e. The summed E-state index contributed by atoms with van der Waals surface area (Å²) in [7, 11) is 0. The van der Waals surface area contributed by atoms with E-state index in [0.717, 1.165) is 6.42 Å². The van der Waals surface area contributed by atoms with E-state index in [-0.39, 0.29) is 24.6 Å². The molecule has 0 aliphatic carbocycles. The molecule has 2 atom stereocenters. The maximum absolute atomic E-state index is 12.3. The Morgan fingerprint density at radius 1 is 1.52 bits per heavy atom. The van der Waals surface area contributed by atoms with Crippen LogP contribution in [0.25, 0.3) is 0 Å². The number of aliphatic hydroxyl groups is 1. The highest BCUT2D eigenvalue weighted by atomic mass is 19.3. The van der Waals surface area contributed by atoms with Gasteiger partial charge in [0, 0.05) is 18.3 Å². The van der Waals surface area contributed by atoms with Gasteiger partial charge in [-0.25, -0.2) is 13.6 Å². The van der Waals surface area contributed by atoms with Crippen LogP contribution in [-0.2, 0) is 0 Å². The Bertz CT molecular complexity index is 554. The molecule has 1 aromatic carbocycles. The van der Waals surface area contributed by atoms with Gasteiger partial charge in [-0.3, -0.25) is 0 Å². The van der Waals surface area contributed by atoms with Gasteiger partial charge in [0.25, 0.3) is 6.43 Å². The van der Waals surface area contributed by atoms with Crippen LogP contribution < -0.4 is 10.1 Å². The minimum Gasteiger partial charge on any atom is -0.487 e. The van der Waals surface area contributed by atoms with Crippen molar-refractivity contribution >= 4 is 11.7 Å². The summed E-state index contributed by atoms with van der Waals surface area (Å²) in [6.07, 6.45) is -1.71. The number of nitrogens with zero attached hydrogens (tertiary/aromatic N) is 1. The van der Waals surface area contributed by atoms with Crippen LogP contribution in [0.4, 0.5) is 19.3 Å². The van der Waals surface area contributed by atoms with Crippen LogP contribution in [0.15, 0.2) is 18.2 Å². The second-order valence-electron chi connectivity index (χ2n) is 5.82. The average molecular weight is 328 g/mol. The monoisotopic (exact) mass is 328 g/mol. The fraction of sp³-hybridized carbons (Fsp3) is 0.562. The van der Waals surface area contributed by atoms with E-state index in [0.29, 0.717) is 23.5 Å². The van der Waals surface area contributed by atoms with Crippen molar-refractivity contribution in [1.29, 1.82) is 0 Å². The number of aliphatic hydroxyl groups excluding tert-OH is 1. The number of carbonyl (C=O) groups is 1. The standard InChI is InChI=1S/C16H22F2N2O3/c1-10-5-6-20(13(10)8-21)16(22)19-12-4-3-11(2)14(7-12)23-9-15(17)18/h3-4,7,10,13,15,21H,5-6,8-9H2,1-2H3,(H,19,22)/t10-,13+/m0/s1. The summed E-state index contributed by atoms with van der Waals surface area (Å²) in [6.45, 7) is 3.56. The van der Waals surface area contributed by atoms with Gasteiger partial charge >= 0.3 is 6.03 Å². The lowest BCUT2D eigenvalue weighted by molar-refractivity contribution is 0.0816. The van der Waals surface area contributed by atoms with E-state index in [2.05, 4.69) is 5.32 Å². The molecule has 0 saturated carbocycles. The molecule has 128 valence electrons. The Morgan fingerprint density at radius 2 is 2.26 bits per heavy atom. The molecule has 0 aromatic heterocycles. The molecule has 2 amide bonds.